The molecule has 1 fully saturated rings. The van der Waals surface area contributed by atoms with Crippen LogP contribution in [0.15, 0.2) is 12.7 Å². The highest BCUT2D eigenvalue weighted by Crippen LogP contribution is 2.33. The number of carbonyl (C=O) groups excluding carboxylic acids is 1. The first-order valence-corrected chi connectivity index (χ1v) is 3.81. The quantitative estimate of drug-likeness (QED) is 0.626. The molecule has 0 saturated carbocycles. The van der Waals surface area contributed by atoms with Crippen molar-refractivity contribution in [1.29, 1.82) is 0 Å². The van der Waals surface area contributed by atoms with E-state index in [2.05, 4.69) is 11.3 Å². The molecule has 0 bridgehead atoms. The minimum absolute atomic E-state index is 0.179. The molecule has 5 heteroatoms. The van der Waals surface area contributed by atoms with Gasteiger partial charge in [0.25, 0.3) is 0 Å². The Labute approximate surface area is 74.3 Å². The van der Waals surface area contributed by atoms with Crippen LogP contribution in [-0.2, 0) is 14.3 Å². The van der Waals surface area contributed by atoms with Crippen LogP contribution in [0.1, 0.15) is 6.92 Å². The van der Waals surface area contributed by atoms with Crippen molar-refractivity contribution in [1.82, 2.24) is 0 Å². The van der Waals surface area contributed by atoms with Crippen molar-refractivity contribution in [2.24, 2.45) is 0 Å². The smallest absolute Gasteiger partial charge is 0.356 e. The Kier molecular flexibility index (Phi) is 2.77. The molecule has 0 spiro atoms. The van der Waals surface area contributed by atoms with E-state index in [4.69, 9.17) is 4.74 Å². The van der Waals surface area contributed by atoms with Crippen LogP contribution in [-0.4, -0.2) is 30.7 Å². The Balaban J connectivity index is 2.41. The van der Waals surface area contributed by atoms with E-state index in [0.29, 0.717) is 0 Å². The van der Waals surface area contributed by atoms with Gasteiger partial charge in [0.2, 0.25) is 0 Å². The second-order valence-electron chi connectivity index (χ2n) is 2.75. The van der Waals surface area contributed by atoms with Gasteiger partial charge in [0.15, 0.2) is 11.9 Å². The zero-order chi connectivity index (χ0) is 10.1. The third-order valence-corrected chi connectivity index (χ3v) is 1.77. The molecule has 0 aromatic heterocycles. The van der Waals surface area contributed by atoms with Crippen molar-refractivity contribution < 1.29 is 23.0 Å². The zero-order valence-electron chi connectivity index (χ0n) is 7.13. The Morgan fingerprint density at radius 1 is 1.85 bits per heavy atom. The number of ketones is 1. The van der Waals surface area contributed by atoms with Gasteiger partial charge in [0.05, 0.1) is 6.61 Å². The Morgan fingerprint density at radius 3 is 2.77 bits per heavy atom. The van der Waals surface area contributed by atoms with Crippen LogP contribution in [0.25, 0.3) is 0 Å². The molecule has 0 aliphatic carbocycles. The molecule has 3 nitrogen and oxygen atoms in total. The molecule has 13 heavy (non-hydrogen) atoms. The number of rotatable bonds is 4. The standard InChI is InChI=1S/C8H10F2O3/c1-3-6(11)5(2)13-7-4-12-8(7,9)10/h3,5,7H,1,4H2,2H3. The molecule has 1 rings (SSSR count). The van der Waals surface area contributed by atoms with Crippen LogP contribution in [0.2, 0.25) is 0 Å². The molecule has 1 saturated heterocycles. The number of carbonyl (C=O) groups is 1. The van der Waals surface area contributed by atoms with Gasteiger partial charge in [-0.05, 0) is 13.0 Å². The average Bonchev–Trinajstić information content (AvgIpc) is 2.10. The molecule has 2 unspecified atom stereocenters. The Bertz CT molecular complexity index is 227. The van der Waals surface area contributed by atoms with Gasteiger partial charge in [0.1, 0.15) is 6.10 Å². The van der Waals surface area contributed by atoms with Crippen molar-refractivity contribution in [2.75, 3.05) is 6.61 Å². The lowest BCUT2D eigenvalue weighted by atomic mass is 10.2. The normalized spacial score (nSPS) is 27.5. The molecule has 0 N–H and O–H groups in total. The number of hydrogen-bond acceptors (Lipinski definition) is 3. The SMILES string of the molecule is C=CC(=O)C(C)OC1COC1(F)F. The summed E-state index contributed by atoms with van der Waals surface area (Å²) in [5.74, 6) is -0.414. The molecule has 1 aliphatic heterocycles. The first kappa shape index (κ1) is 10.3. The molecule has 1 heterocycles. The van der Waals surface area contributed by atoms with Crippen molar-refractivity contribution in [3.05, 3.63) is 12.7 Å². The molecule has 0 aromatic carbocycles. The number of ether oxygens (including phenoxy) is 2. The Hall–Kier alpha value is -0.810. The molecular weight excluding hydrogens is 182 g/mol. The summed E-state index contributed by atoms with van der Waals surface area (Å²) < 4.78 is 33.6. The van der Waals surface area contributed by atoms with Gasteiger partial charge in [-0.3, -0.25) is 4.79 Å². The van der Waals surface area contributed by atoms with Gasteiger partial charge in [-0.15, -0.1) is 0 Å². The topological polar surface area (TPSA) is 35.5 Å². The van der Waals surface area contributed by atoms with Crippen LogP contribution in [0, 0.1) is 0 Å². The third-order valence-electron chi connectivity index (χ3n) is 1.77. The average molecular weight is 192 g/mol. The number of hydrogen-bond donors (Lipinski definition) is 0. The highest BCUT2D eigenvalue weighted by molar-refractivity contribution is 5.92. The second-order valence-corrected chi connectivity index (χ2v) is 2.75. The van der Waals surface area contributed by atoms with E-state index in [0.717, 1.165) is 6.08 Å². The maximum atomic E-state index is 12.4. The van der Waals surface area contributed by atoms with Crippen LogP contribution >= 0.6 is 0 Å². The van der Waals surface area contributed by atoms with Crippen molar-refractivity contribution >= 4 is 5.78 Å². The first-order chi connectivity index (χ1) is 5.97. The van der Waals surface area contributed by atoms with Gasteiger partial charge in [-0.25, -0.2) is 0 Å². The minimum atomic E-state index is -3.25. The van der Waals surface area contributed by atoms with E-state index in [1.165, 1.54) is 6.92 Å². The first-order valence-electron chi connectivity index (χ1n) is 3.81. The van der Waals surface area contributed by atoms with E-state index >= 15 is 0 Å². The van der Waals surface area contributed by atoms with E-state index in [1.54, 1.807) is 0 Å². The molecule has 1 aliphatic rings. The highest BCUT2D eigenvalue weighted by atomic mass is 19.3. The third kappa shape index (κ3) is 2.10. The van der Waals surface area contributed by atoms with E-state index in [9.17, 15) is 13.6 Å². The number of alkyl halides is 2. The number of halogens is 2. The van der Waals surface area contributed by atoms with Gasteiger partial charge >= 0.3 is 6.11 Å². The summed E-state index contributed by atoms with van der Waals surface area (Å²) in [6, 6.07) is 0. The molecule has 0 radical (unpaired) electrons. The van der Waals surface area contributed by atoms with Gasteiger partial charge < -0.3 is 9.47 Å². The molecule has 0 aromatic rings. The lowest BCUT2D eigenvalue weighted by Crippen LogP contribution is -2.54. The van der Waals surface area contributed by atoms with E-state index < -0.39 is 24.1 Å². The fraction of sp³-hybridized carbons (Fsp3) is 0.625. The summed E-state index contributed by atoms with van der Waals surface area (Å²) in [7, 11) is 0. The highest BCUT2D eigenvalue weighted by Gasteiger charge is 2.52. The van der Waals surface area contributed by atoms with Crippen molar-refractivity contribution in [3.63, 3.8) is 0 Å². The minimum Gasteiger partial charge on any atom is -0.356 e. The molecule has 0 amide bonds. The fourth-order valence-electron chi connectivity index (χ4n) is 0.875. The molecular formula is C8H10F2O3. The largest absolute Gasteiger partial charge is 0.384 e. The summed E-state index contributed by atoms with van der Waals surface area (Å²) >= 11 is 0. The fourth-order valence-corrected chi connectivity index (χ4v) is 0.875. The summed E-state index contributed by atoms with van der Waals surface area (Å²) in [5.41, 5.74) is 0. The van der Waals surface area contributed by atoms with Gasteiger partial charge in [-0.2, -0.15) is 8.78 Å². The van der Waals surface area contributed by atoms with Crippen LogP contribution in [0.3, 0.4) is 0 Å². The maximum absolute atomic E-state index is 12.4. The molecule has 2 atom stereocenters. The maximum Gasteiger partial charge on any atom is 0.384 e. The van der Waals surface area contributed by atoms with E-state index in [-0.39, 0.29) is 6.61 Å². The molecule has 74 valence electrons. The van der Waals surface area contributed by atoms with Crippen molar-refractivity contribution in [3.8, 4) is 0 Å². The lowest BCUT2D eigenvalue weighted by molar-refractivity contribution is -0.386. The summed E-state index contributed by atoms with van der Waals surface area (Å²) in [6.45, 7) is 4.44. The monoisotopic (exact) mass is 192 g/mol. The van der Waals surface area contributed by atoms with Crippen molar-refractivity contribution in [2.45, 2.75) is 25.2 Å². The Morgan fingerprint density at radius 2 is 2.46 bits per heavy atom. The lowest BCUT2D eigenvalue weighted by Gasteiger charge is -2.36. The summed E-state index contributed by atoms with van der Waals surface area (Å²) in [5, 5.41) is 0. The predicted molar refractivity (Wildman–Crippen MR) is 40.4 cm³/mol. The second kappa shape index (κ2) is 3.51. The van der Waals surface area contributed by atoms with Gasteiger partial charge in [0, 0.05) is 0 Å². The van der Waals surface area contributed by atoms with Gasteiger partial charge in [-0.1, -0.05) is 6.58 Å². The zero-order valence-corrected chi connectivity index (χ0v) is 7.13. The van der Waals surface area contributed by atoms with Crippen LogP contribution in [0.5, 0.6) is 0 Å². The van der Waals surface area contributed by atoms with Crippen LogP contribution in [0.4, 0.5) is 8.78 Å². The predicted octanol–water partition coefficient (Wildman–Crippen LogP) is 1.14. The summed E-state index contributed by atoms with van der Waals surface area (Å²) in [4.78, 5) is 10.9. The summed E-state index contributed by atoms with van der Waals surface area (Å²) in [6.07, 6.45) is -4.42. The van der Waals surface area contributed by atoms with Crippen LogP contribution < -0.4 is 0 Å². The van der Waals surface area contributed by atoms with E-state index in [1.807, 2.05) is 0 Å².